The minimum Gasteiger partial charge on any atom is -0.497 e. The Morgan fingerprint density at radius 2 is 1.73 bits per heavy atom. The molecule has 3 nitrogen and oxygen atoms in total. The van der Waals surface area contributed by atoms with Gasteiger partial charge in [-0.05, 0) is 43.4 Å². The number of nitrogens with one attached hydrogen (secondary N) is 1. The van der Waals surface area contributed by atoms with E-state index in [1.54, 1.807) is 7.11 Å². The van der Waals surface area contributed by atoms with Crippen LogP contribution in [0.3, 0.4) is 0 Å². The average molecular weight is 294 g/mol. The number of fused-ring (bicyclic) bond motifs is 1. The van der Waals surface area contributed by atoms with Crippen molar-refractivity contribution in [3.8, 4) is 5.75 Å². The van der Waals surface area contributed by atoms with Gasteiger partial charge in [-0.2, -0.15) is 0 Å². The van der Waals surface area contributed by atoms with Crippen LogP contribution in [0.15, 0.2) is 48.5 Å². The summed E-state index contributed by atoms with van der Waals surface area (Å²) in [6, 6.07) is 16.8. The van der Waals surface area contributed by atoms with E-state index in [0.29, 0.717) is 0 Å². The van der Waals surface area contributed by atoms with Gasteiger partial charge in [-0.3, -0.25) is 0 Å². The number of methoxy groups -OCH3 is 1. The van der Waals surface area contributed by atoms with Gasteiger partial charge in [0.25, 0.3) is 0 Å². The van der Waals surface area contributed by atoms with Crippen LogP contribution in [0.1, 0.15) is 16.8 Å². The largest absolute Gasteiger partial charge is 0.497 e. The number of H-pyrrole nitrogens is 1. The minimum absolute atomic E-state index is 0.897. The molecule has 3 heteroatoms. The van der Waals surface area contributed by atoms with Crippen molar-refractivity contribution in [2.75, 3.05) is 21.2 Å². The monoisotopic (exact) mass is 294 g/mol. The summed E-state index contributed by atoms with van der Waals surface area (Å²) in [6.07, 6.45) is 0.905. The summed E-state index contributed by atoms with van der Waals surface area (Å²) in [4.78, 5) is 5.80. The topological polar surface area (TPSA) is 28.3 Å². The summed E-state index contributed by atoms with van der Waals surface area (Å²) in [7, 11) is 5.92. The molecular weight excluding hydrogens is 272 g/mol. The normalized spacial score (nSPS) is 11.3. The molecule has 0 aliphatic carbocycles. The molecule has 0 fully saturated rings. The first kappa shape index (κ1) is 14.7. The SMILES string of the molecule is COc1ccc(Cc2[nH]c3ccccc3c2CN(C)C)cc1. The van der Waals surface area contributed by atoms with Crippen molar-refractivity contribution in [2.45, 2.75) is 13.0 Å². The molecule has 1 N–H and O–H groups in total. The Balaban J connectivity index is 1.97. The Bertz CT molecular complexity index is 757. The quantitative estimate of drug-likeness (QED) is 0.774. The minimum atomic E-state index is 0.897. The van der Waals surface area contributed by atoms with Gasteiger partial charge in [0.15, 0.2) is 0 Å². The molecule has 2 aromatic carbocycles. The van der Waals surface area contributed by atoms with Crippen LogP contribution in [0, 0.1) is 0 Å². The Morgan fingerprint density at radius 3 is 2.41 bits per heavy atom. The maximum Gasteiger partial charge on any atom is 0.118 e. The number of aromatic amines is 1. The molecule has 1 heterocycles. The lowest BCUT2D eigenvalue weighted by Gasteiger charge is -2.11. The van der Waals surface area contributed by atoms with Gasteiger partial charge >= 0.3 is 0 Å². The van der Waals surface area contributed by atoms with Gasteiger partial charge in [0.05, 0.1) is 7.11 Å². The van der Waals surface area contributed by atoms with Gasteiger partial charge < -0.3 is 14.6 Å². The molecule has 0 atom stereocenters. The third kappa shape index (κ3) is 3.00. The fraction of sp³-hybridized carbons (Fsp3) is 0.263. The van der Waals surface area contributed by atoms with Crippen molar-refractivity contribution in [3.05, 3.63) is 65.4 Å². The molecule has 3 rings (SSSR count). The molecule has 0 amide bonds. The summed E-state index contributed by atoms with van der Waals surface area (Å²) in [5.41, 5.74) is 5.17. The molecule has 3 aromatic rings. The molecule has 0 saturated carbocycles. The van der Waals surface area contributed by atoms with Crippen molar-refractivity contribution in [2.24, 2.45) is 0 Å². The van der Waals surface area contributed by atoms with Crippen molar-refractivity contribution in [1.82, 2.24) is 9.88 Å². The number of nitrogens with zero attached hydrogens (tertiary/aromatic N) is 1. The number of aromatic nitrogens is 1. The van der Waals surface area contributed by atoms with Gasteiger partial charge in [-0.15, -0.1) is 0 Å². The second-order valence-electron chi connectivity index (χ2n) is 5.89. The van der Waals surface area contributed by atoms with E-state index in [9.17, 15) is 0 Å². The maximum atomic E-state index is 5.23. The third-order valence-corrected chi connectivity index (χ3v) is 3.92. The highest BCUT2D eigenvalue weighted by atomic mass is 16.5. The van der Waals surface area contributed by atoms with Crippen molar-refractivity contribution >= 4 is 10.9 Å². The fourth-order valence-electron chi connectivity index (χ4n) is 2.85. The van der Waals surface area contributed by atoms with Crippen molar-refractivity contribution < 1.29 is 4.74 Å². The average Bonchev–Trinajstić information content (AvgIpc) is 2.85. The highest BCUT2D eigenvalue weighted by Crippen LogP contribution is 2.26. The maximum absolute atomic E-state index is 5.23. The van der Waals surface area contributed by atoms with Gasteiger partial charge in [0.2, 0.25) is 0 Å². The number of hydrogen-bond acceptors (Lipinski definition) is 2. The molecule has 114 valence electrons. The lowest BCUT2D eigenvalue weighted by molar-refractivity contribution is 0.402. The zero-order valence-electron chi connectivity index (χ0n) is 13.4. The van der Waals surface area contributed by atoms with Crippen LogP contribution in [-0.2, 0) is 13.0 Å². The molecule has 0 bridgehead atoms. The molecule has 22 heavy (non-hydrogen) atoms. The molecule has 0 saturated heterocycles. The number of rotatable bonds is 5. The lowest BCUT2D eigenvalue weighted by Crippen LogP contribution is -2.12. The van der Waals surface area contributed by atoms with E-state index >= 15 is 0 Å². The van der Waals surface area contributed by atoms with Crippen LogP contribution in [0.25, 0.3) is 10.9 Å². The number of ether oxygens (including phenoxy) is 1. The second-order valence-corrected chi connectivity index (χ2v) is 5.89. The summed E-state index contributed by atoms with van der Waals surface area (Å²) in [6.45, 7) is 0.940. The zero-order valence-corrected chi connectivity index (χ0v) is 13.4. The Hall–Kier alpha value is -2.26. The van der Waals surface area contributed by atoms with Gasteiger partial charge in [0.1, 0.15) is 5.75 Å². The second kappa shape index (κ2) is 6.24. The fourth-order valence-corrected chi connectivity index (χ4v) is 2.85. The number of hydrogen-bond donors (Lipinski definition) is 1. The van der Waals surface area contributed by atoms with Crippen LogP contribution in [0.2, 0.25) is 0 Å². The number of para-hydroxylation sites is 1. The standard InChI is InChI=1S/C19H22N2O/c1-21(2)13-17-16-6-4-5-7-18(16)20-19(17)12-14-8-10-15(22-3)11-9-14/h4-11,20H,12-13H2,1-3H3. The first-order valence-electron chi connectivity index (χ1n) is 7.53. The Kier molecular flexibility index (Phi) is 4.16. The summed E-state index contributed by atoms with van der Waals surface area (Å²) >= 11 is 0. The van der Waals surface area contributed by atoms with E-state index in [1.165, 1.54) is 27.7 Å². The molecular formula is C19H22N2O. The van der Waals surface area contributed by atoms with E-state index in [4.69, 9.17) is 4.74 Å². The lowest BCUT2D eigenvalue weighted by atomic mass is 10.0. The van der Waals surface area contributed by atoms with Gasteiger partial charge in [-0.25, -0.2) is 0 Å². The molecule has 1 aromatic heterocycles. The van der Waals surface area contributed by atoms with Crippen LogP contribution >= 0.6 is 0 Å². The molecule has 0 spiro atoms. The number of benzene rings is 2. The van der Waals surface area contributed by atoms with E-state index in [-0.39, 0.29) is 0 Å². The highest BCUT2D eigenvalue weighted by molar-refractivity contribution is 5.84. The predicted molar refractivity (Wildman–Crippen MR) is 91.5 cm³/mol. The van der Waals surface area contributed by atoms with E-state index in [2.05, 4.69) is 60.4 Å². The summed E-state index contributed by atoms with van der Waals surface area (Å²) < 4.78 is 5.23. The first-order valence-corrected chi connectivity index (χ1v) is 7.53. The van der Waals surface area contributed by atoms with E-state index in [0.717, 1.165) is 18.7 Å². The Labute approximate surface area is 131 Å². The van der Waals surface area contributed by atoms with E-state index < -0.39 is 0 Å². The van der Waals surface area contributed by atoms with Gasteiger partial charge in [0, 0.05) is 29.6 Å². The zero-order chi connectivity index (χ0) is 15.5. The van der Waals surface area contributed by atoms with Crippen molar-refractivity contribution in [3.63, 3.8) is 0 Å². The van der Waals surface area contributed by atoms with Crippen LogP contribution in [0.5, 0.6) is 5.75 Å². The summed E-state index contributed by atoms with van der Waals surface area (Å²) in [5, 5.41) is 1.32. The van der Waals surface area contributed by atoms with E-state index in [1.807, 2.05) is 12.1 Å². The third-order valence-electron chi connectivity index (χ3n) is 3.92. The van der Waals surface area contributed by atoms with Crippen LogP contribution in [-0.4, -0.2) is 31.1 Å². The van der Waals surface area contributed by atoms with Crippen LogP contribution in [0.4, 0.5) is 0 Å². The summed E-state index contributed by atoms with van der Waals surface area (Å²) in [5.74, 6) is 0.897. The molecule has 0 unspecified atom stereocenters. The first-order chi connectivity index (χ1) is 10.7. The van der Waals surface area contributed by atoms with Crippen molar-refractivity contribution in [1.29, 1.82) is 0 Å². The molecule has 0 radical (unpaired) electrons. The smallest absolute Gasteiger partial charge is 0.118 e. The molecule has 0 aliphatic heterocycles. The highest BCUT2D eigenvalue weighted by Gasteiger charge is 2.12. The molecule has 0 aliphatic rings. The van der Waals surface area contributed by atoms with Crippen LogP contribution < -0.4 is 4.74 Å². The Morgan fingerprint density at radius 1 is 1.00 bits per heavy atom. The van der Waals surface area contributed by atoms with Gasteiger partial charge in [-0.1, -0.05) is 30.3 Å². The predicted octanol–water partition coefficient (Wildman–Crippen LogP) is 3.83.